The normalized spacial score (nSPS) is 15.5. The molecule has 0 saturated heterocycles. The van der Waals surface area contributed by atoms with E-state index in [-0.39, 0.29) is 16.8 Å². The lowest BCUT2D eigenvalue weighted by Gasteiger charge is -2.18. The Morgan fingerprint density at radius 2 is 1.73 bits per heavy atom. The maximum absolute atomic E-state index is 12.5. The van der Waals surface area contributed by atoms with Gasteiger partial charge in [0.2, 0.25) is 5.91 Å². The van der Waals surface area contributed by atoms with Crippen molar-refractivity contribution in [2.75, 3.05) is 4.72 Å². The van der Waals surface area contributed by atoms with Crippen LogP contribution in [-0.2, 0) is 20.2 Å². The smallest absolute Gasteiger partial charge is 0.261 e. The molecule has 1 fully saturated rings. The molecule has 0 spiro atoms. The molecule has 5 nitrogen and oxygen atoms in total. The molecule has 2 N–H and O–H groups in total. The molecule has 6 heteroatoms. The second-order valence-corrected chi connectivity index (χ2v) is 8.89. The van der Waals surface area contributed by atoms with E-state index < -0.39 is 15.4 Å². The molecule has 3 rings (SSSR count). The molecule has 0 aliphatic heterocycles. The Morgan fingerprint density at radius 3 is 2.27 bits per heavy atom. The molecule has 2 aromatic carbocycles. The van der Waals surface area contributed by atoms with Crippen LogP contribution in [0.2, 0.25) is 0 Å². The minimum absolute atomic E-state index is 0.0422. The summed E-state index contributed by atoms with van der Waals surface area (Å²) >= 11 is 0. The Hall–Kier alpha value is -2.34. The highest BCUT2D eigenvalue weighted by atomic mass is 32.2. The summed E-state index contributed by atoms with van der Waals surface area (Å²) in [6.07, 6.45) is 1.64. The Bertz CT molecular complexity index is 914. The van der Waals surface area contributed by atoms with Crippen LogP contribution in [0.15, 0.2) is 53.4 Å². The van der Waals surface area contributed by atoms with E-state index in [4.69, 9.17) is 0 Å². The van der Waals surface area contributed by atoms with Crippen molar-refractivity contribution < 1.29 is 13.2 Å². The lowest BCUT2D eigenvalue weighted by molar-refractivity contribution is -0.124. The second kappa shape index (κ2) is 6.76. The third-order valence-electron chi connectivity index (χ3n) is 4.59. The van der Waals surface area contributed by atoms with Crippen molar-refractivity contribution in [3.8, 4) is 0 Å². The fourth-order valence-corrected chi connectivity index (χ4v) is 4.19. The molecular weight excluding hydrogens is 348 g/mol. The maximum atomic E-state index is 12.5. The van der Waals surface area contributed by atoms with Gasteiger partial charge < -0.3 is 5.32 Å². The van der Waals surface area contributed by atoms with Gasteiger partial charge in [0, 0.05) is 11.7 Å². The number of rotatable bonds is 6. The lowest BCUT2D eigenvalue weighted by atomic mass is 9.94. The quantitative estimate of drug-likeness (QED) is 0.816. The fraction of sp³-hybridized carbons (Fsp3) is 0.350. The highest BCUT2D eigenvalue weighted by Crippen LogP contribution is 2.48. The van der Waals surface area contributed by atoms with E-state index in [2.05, 4.69) is 10.0 Å². The summed E-state index contributed by atoms with van der Waals surface area (Å²) in [7, 11) is -3.63. The van der Waals surface area contributed by atoms with Crippen LogP contribution in [-0.4, -0.2) is 20.4 Å². The van der Waals surface area contributed by atoms with Crippen LogP contribution in [0.5, 0.6) is 0 Å². The van der Waals surface area contributed by atoms with Crippen molar-refractivity contribution in [2.24, 2.45) is 0 Å². The highest BCUT2D eigenvalue weighted by molar-refractivity contribution is 7.92. The Labute approximate surface area is 154 Å². The third-order valence-corrected chi connectivity index (χ3v) is 5.97. The summed E-state index contributed by atoms with van der Waals surface area (Å²) in [4.78, 5) is 12.7. The monoisotopic (exact) mass is 372 g/mol. The minimum atomic E-state index is -3.63. The molecular formula is C20H24N2O3S. The van der Waals surface area contributed by atoms with Gasteiger partial charge >= 0.3 is 0 Å². The first-order valence-corrected chi connectivity index (χ1v) is 10.2. The minimum Gasteiger partial charge on any atom is -0.353 e. The van der Waals surface area contributed by atoms with Crippen LogP contribution >= 0.6 is 0 Å². The standard InChI is InChI=1S/C20H24N2O3S/c1-14(2)21-19(23)20(11-12-20)16-7-9-17(10-8-16)22-26(24,25)18-6-4-5-15(3)13-18/h4-10,13-14,22H,11-12H2,1-3H3,(H,21,23). The predicted octanol–water partition coefficient (Wildman–Crippen LogP) is 3.35. The van der Waals surface area contributed by atoms with Gasteiger partial charge in [-0.25, -0.2) is 8.42 Å². The fourth-order valence-electron chi connectivity index (χ4n) is 3.03. The SMILES string of the molecule is Cc1cccc(S(=O)(=O)Nc2ccc(C3(C(=O)NC(C)C)CC3)cc2)c1. The van der Waals surface area contributed by atoms with E-state index in [0.29, 0.717) is 5.69 Å². The number of benzene rings is 2. The van der Waals surface area contributed by atoms with Crippen molar-refractivity contribution in [2.45, 2.75) is 50.0 Å². The summed E-state index contributed by atoms with van der Waals surface area (Å²) in [5, 5.41) is 2.97. The van der Waals surface area contributed by atoms with Gasteiger partial charge in [0.15, 0.2) is 0 Å². The Morgan fingerprint density at radius 1 is 1.08 bits per heavy atom. The number of carbonyl (C=O) groups is 1. The number of sulfonamides is 1. The largest absolute Gasteiger partial charge is 0.353 e. The predicted molar refractivity (Wildman–Crippen MR) is 103 cm³/mol. The van der Waals surface area contributed by atoms with E-state index in [0.717, 1.165) is 24.0 Å². The first-order chi connectivity index (χ1) is 12.2. The Balaban J connectivity index is 1.77. The molecule has 1 saturated carbocycles. The number of amides is 1. The zero-order valence-electron chi connectivity index (χ0n) is 15.2. The van der Waals surface area contributed by atoms with Crippen molar-refractivity contribution in [3.05, 3.63) is 59.7 Å². The highest BCUT2D eigenvalue weighted by Gasteiger charge is 2.51. The van der Waals surface area contributed by atoms with Crippen LogP contribution in [0, 0.1) is 6.92 Å². The summed E-state index contributed by atoms with van der Waals surface area (Å²) in [5.41, 5.74) is 1.83. The van der Waals surface area contributed by atoms with Gasteiger partial charge in [-0.05, 0) is 69.0 Å². The van der Waals surface area contributed by atoms with Gasteiger partial charge in [-0.15, -0.1) is 0 Å². The molecule has 2 aromatic rings. The van der Waals surface area contributed by atoms with Gasteiger partial charge in [0.05, 0.1) is 10.3 Å². The van der Waals surface area contributed by atoms with Gasteiger partial charge in [-0.1, -0.05) is 24.3 Å². The van der Waals surface area contributed by atoms with Gasteiger partial charge in [0.25, 0.3) is 10.0 Å². The summed E-state index contributed by atoms with van der Waals surface area (Å²) in [6, 6.07) is 14.0. The Kier molecular flexibility index (Phi) is 4.80. The lowest BCUT2D eigenvalue weighted by Crippen LogP contribution is -2.38. The molecule has 0 unspecified atom stereocenters. The molecule has 0 heterocycles. The molecule has 0 atom stereocenters. The summed E-state index contributed by atoms with van der Waals surface area (Å²) < 4.78 is 27.6. The van der Waals surface area contributed by atoms with Crippen molar-refractivity contribution in [1.82, 2.24) is 5.32 Å². The number of nitrogens with one attached hydrogen (secondary N) is 2. The van der Waals surface area contributed by atoms with Crippen LogP contribution in [0.1, 0.15) is 37.8 Å². The van der Waals surface area contributed by atoms with Crippen LogP contribution < -0.4 is 10.0 Å². The average molecular weight is 372 g/mol. The molecule has 138 valence electrons. The topological polar surface area (TPSA) is 75.3 Å². The van der Waals surface area contributed by atoms with E-state index in [9.17, 15) is 13.2 Å². The van der Waals surface area contributed by atoms with Crippen molar-refractivity contribution in [1.29, 1.82) is 0 Å². The average Bonchev–Trinajstić information content (AvgIpc) is 3.36. The first-order valence-electron chi connectivity index (χ1n) is 8.74. The van der Waals surface area contributed by atoms with E-state index in [1.54, 1.807) is 30.3 Å². The zero-order chi connectivity index (χ0) is 18.9. The molecule has 1 aliphatic carbocycles. The van der Waals surface area contributed by atoms with Crippen molar-refractivity contribution >= 4 is 21.6 Å². The molecule has 1 aliphatic rings. The van der Waals surface area contributed by atoms with Crippen molar-refractivity contribution in [3.63, 3.8) is 0 Å². The number of carbonyl (C=O) groups excluding carboxylic acids is 1. The first kappa shape index (κ1) is 18.5. The molecule has 0 aromatic heterocycles. The van der Waals surface area contributed by atoms with Crippen LogP contribution in [0.4, 0.5) is 5.69 Å². The summed E-state index contributed by atoms with van der Waals surface area (Å²) in [6.45, 7) is 5.74. The molecule has 1 amide bonds. The van der Waals surface area contributed by atoms with E-state index in [1.807, 2.05) is 39.0 Å². The van der Waals surface area contributed by atoms with Crippen LogP contribution in [0.25, 0.3) is 0 Å². The maximum Gasteiger partial charge on any atom is 0.261 e. The number of hydrogen-bond donors (Lipinski definition) is 2. The molecule has 0 radical (unpaired) electrons. The van der Waals surface area contributed by atoms with Gasteiger partial charge in [0.1, 0.15) is 0 Å². The summed E-state index contributed by atoms with van der Waals surface area (Å²) in [5.74, 6) is 0.0422. The number of hydrogen-bond acceptors (Lipinski definition) is 3. The number of anilines is 1. The number of aryl methyl sites for hydroxylation is 1. The van der Waals surface area contributed by atoms with Gasteiger partial charge in [-0.2, -0.15) is 0 Å². The van der Waals surface area contributed by atoms with E-state index in [1.165, 1.54) is 0 Å². The second-order valence-electron chi connectivity index (χ2n) is 7.21. The molecule has 0 bridgehead atoms. The molecule has 26 heavy (non-hydrogen) atoms. The third kappa shape index (κ3) is 3.75. The van der Waals surface area contributed by atoms with E-state index >= 15 is 0 Å². The van der Waals surface area contributed by atoms with Gasteiger partial charge in [-0.3, -0.25) is 9.52 Å². The zero-order valence-corrected chi connectivity index (χ0v) is 16.1. The van der Waals surface area contributed by atoms with Crippen LogP contribution in [0.3, 0.4) is 0 Å².